The Morgan fingerprint density at radius 3 is 3.14 bits per heavy atom. The largest absolute Gasteiger partial charge is 0.323 e. The fraction of sp³-hybridized carbons (Fsp3) is 0.385. The molecule has 72 valence electrons. The molecule has 0 N–H and O–H groups in total. The molecule has 1 nitrogen and oxygen atoms in total. The van der Waals surface area contributed by atoms with Crippen molar-refractivity contribution in [3.63, 3.8) is 0 Å². The molecule has 0 aromatic carbocycles. The quantitative estimate of drug-likeness (QED) is 0.643. The van der Waals surface area contributed by atoms with Crippen LogP contribution >= 0.6 is 0 Å². The summed E-state index contributed by atoms with van der Waals surface area (Å²) < 4.78 is 2.28. The summed E-state index contributed by atoms with van der Waals surface area (Å²) in [6.45, 7) is 2.26. The second-order valence-corrected chi connectivity index (χ2v) is 4.12. The topological polar surface area (TPSA) is 4.41 Å². The van der Waals surface area contributed by atoms with Gasteiger partial charge >= 0.3 is 0 Å². The molecule has 0 amide bonds. The number of fused-ring (bicyclic) bond motifs is 2. The Morgan fingerprint density at radius 1 is 1.36 bits per heavy atom. The molecule has 0 spiro atoms. The number of nitrogens with zero attached hydrogens (tertiary/aromatic N) is 1. The van der Waals surface area contributed by atoms with Gasteiger partial charge in [0.1, 0.15) is 0 Å². The van der Waals surface area contributed by atoms with Crippen molar-refractivity contribution in [2.45, 2.75) is 32.6 Å². The van der Waals surface area contributed by atoms with Crippen LogP contribution in [-0.2, 0) is 19.3 Å². The fourth-order valence-electron chi connectivity index (χ4n) is 2.73. The molecule has 1 aliphatic carbocycles. The van der Waals surface area contributed by atoms with Crippen molar-refractivity contribution >= 4 is 5.52 Å². The molecule has 14 heavy (non-hydrogen) atoms. The molecule has 0 atom stereocenters. The van der Waals surface area contributed by atoms with Gasteiger partial charge in [-0.05, 0) is 54.5 Å². The van der Waals surface area contributed by atoms with Crippen molar-refractivity contribution in [1.29, 1.82) is 0 Å². The molecule has 2 aromatic rings. The Labute approximate surface area is 84.4 Å². The highest BCUT2D eigenvalue weighted by Crippen LogP contribution is 2.28. The smallest absolute Gasteiger partial charge is 0.0484 e. The Morgan fingerprint density at radius 2 is 2.29 bits per heavy atom. The molecule has 0 saturated heterocycles. The van der Waals surface area contributed by atoms with Crippen molar-refractivity contribution in [3.05, 3.63) is 41.2 Å². The monoisotopic (exact) mass is 185 g/mol. The van der Waals surface area contributed by atoms with Crippen LogP contribution in [0.15, 0.2) is 24.5 Å². The summed E-state index contributed by atoms with van der Waals surface area (Å²) in [4.78, 5) is 0. The molecule has 1 heteroatoms. The molecule has 0 radical (unpaired) electrons. The lowest BCUT2D eigenvalue weighted by Crippen LogP contribution is -1.97. The van der Waals surface area contributed by atoms with Crippen molar-refractivity contribution in [3.8, 4) is 0 Å². The number of aromatic nitrogens is 1. The van der Waals surface area contributed by atoms with Crippen molar-refractivity contribution in [2.75, 3.05) is 0 Å². The number of rotatable bonds is 1. The zero-order valence-corrected chi connectivity index (χ0v) is 8.59. The van der Waals surface area contributed by atoms with E-state index in [0.29, 0.717) is 0 Å². The lowest BCUT2D eigenvalue weighted by Gasteiger charge is -2.09. The molecule has 0 unspecified atom stereocenters. The van der Waals surface area contributed by atoms with Crippen molar-refractivity contribution in [2.24, 2.45) is 0 Å². The maximum Gasteiger partial charge on any atom is 0.0484 e. The van der Waals surface area contributed by atoms with E-state index in [2.05, 4.69) is 35.9 Å². The van der Waals surface area contributed by atoms with Gasteiger partial charge in [-0.15, -0.1) is 0 Å². The number of hydrogen-bond acceptors (Lipinski definition) is 0. The fourth-order valence-corrected chi connectivity index (χ4v) is 2.73. The van der Waals surface area contributed by atoms with E-state index < -0.39 is 0 Å². The van der Waals surface area contributed by atoms with Gasteiger partial charge in [-0.3, -0.25) is 0 Å². The van der Waals surface area contributed by atoms with E-state index in [1.165, 1.54) is 24.8 Å². The molecule has 1 aliphatic rings. The van der Waals surface area contributed by atoms with Crippen LogP contribution in [0.1, 0.15) is 30.0 Å². The van der Waals surface area contributed by atoms with Crippen molar-refractivity contribution in [1.82, 2.24) is 4.40 Å². The molecule has 0 aliphatic heterocycles. The molecule has 2 aromatic heterocycles. The molecule has 0 fully saturated rings. The third-order valence-electron chi connectivity index (χ3n) is 3.36. The maximum atomic E-state index is 2.32. The van der Waals surface area contributed by atoms with Gasteiger partial charge in [-0.25, -0.2) is 0 Å². The Kier molecular flexibility index (Phi) is 1.66. The van der Waals surface area contributed by atoms with Crippen molar-refractivity contribution < 1.29 is 0 Å². The first-order valence-corrected chi connectivity index (χ1v) is 5.50. The Bertz CT molecular complexity index is 479. The van der Waals surface area contributed by atoms with Crippen LogP contribution in [0.5, 0.6) is 0 Å². The van der Waals surface area contributed by atoms with Crippen LogP contribution in [0.25, 0.3) is 5.52 Å². The summed E-state index contributed by atoms with van der Waals surface area (Å²) in [7, 11) is 0. The Balaban J connectivity index is 2.40. The number of hydrogen-bond donors (Lipinski definition) is 0. The predicted molar refractivity (Wildman–Crippen MR) is 58.8 cm³/mol. The molecular weight excluding hydrogens is 170 g/mol. The normalized spacial score (nSPS) is 14.9. The Hall–Kier alpha value is -1.24. The minimum atomic E-state index is 1.16. The van der Waals surface area contributed by atoms with Crippen LogP contribution in [0.2, 0.25) is 0 Å². The summed E-state index contributed by atoms with van der Waals surface area (Å²) in [5, 5.41) is 0. The average molecular weight is 185 g/mol. The van der Waals surface area contributed by atoms with E-state index in [9.17, 15) is 0 Å². The van der Waals surface area contributed by atoms with E-state index in [-0.39, 0.29) is 0 Å². The first-order chi connectivity index (χ1) is 6.90. The zero-order chi connectivity index (χ0) is 9.54. The van der Waals surface area contributed by atoms with Gasteiger partial charge in [0.25, 0.3) is 0 Å². The van der Waals surface area contributed by atoms with Crippen LogP contribution in [0, 0.1) is 0 Å². The predicted octanol–water partition coefficient (Wildman–Crippen LogP) is 2.99. The highest BCUT2D eigenvalue weighted by atomic mass is 14.9. The standard InChI is InChI=1S/C13H15N/c1-2-11-12-6-3-5-10(12)9-14-8-4-7-13(11)14/h4,7-9H,2-3,5-6H2,1H3. The highest BCUT2D eigenvalue weighted by Gasteiger charge is 2.16. The number of aryl methyl sites for hydroxylation is 2. The SMILES string of the molecule is CCc1c2c(cn3cccc13)CCC2. The van der Waals surface area contributed by atoms with Gasteiger partial charge in [0.15, 0.2) is 0 Å². The minimum absolute atomic E-state index is 1.16. The summed E-state index contributed by atoms with van der Waals surface area (Å²) in [5.41, 5.74) is 6.20. The van der Waals surface area contributed by atoms with E-state index in [1.54, 1.807) is 16.7 Å². The van der Waals surface area contributed by atoms with Gasteiger partial charge < -0.3 is 4.40 Å². The van der Waals surface area contributed by atoms with Crippen LogP contribution in [0.3, 0.4) is 0 Å². The van der Waals surface area contributed by atoms with Gasteiger partial charge in [0.2, 0.25) is 0 Å². The van der Waals surface area contributed by atoms with Gasteiger partial charge in [-0.2, -0.15) is 0 Å². The second kappa shape index (κ2) is 2.88. The van der Waals surface area contributed by atoms with Gasteiger partial charge in [0, 0.05) is 17.9 Å². The lowest BCUT2D eigenvalue weighted by molar-refractivity contribution is 0.905. The van der Waals surface area contributed by atoms with Crippen LogP contribution < -0.4 is 0 Å². The van der Waals surface area contributed by atoms with E-state index in [0.717, 1.165) is 6.42 Å². The van der Waals surface area contributed by atoms with Gasteiger partial charge in [0.05, 0.1) is 0 Å². The maximum absolute atomic E-state index is 2.32. The van der Waals surface area contributed by atoms with E-state index >= 15 is 0 Å². The summed E-state index contributed by atoms with van der Waals surface area (Å²) in [5.74, 6) is 0. The summed E-state index contributed by atoms with van der Waals surface area (Å²) >= 11 is 0. The van der Waals surface area contributed by atoms with E-state index in [1.807, 2.05) is 0 Å². The van der Waals surface area contributed by atoms with E-state index in [4.69, 9.17) is 0 Å². The zero-order valence-electron chi connectivity index (χ0n) is 8.59. The summed E-state index contributed by atoms with van der Waals surface area (Å²) in [6, 6.07) is 4.38. The third-order valence-corrected chi connectivity index (χ3v) is 3.36. The van der Waals surface area contributed by atoms with Crippen LogP contribution in [0.4, 0.5) is 0 Å². The molecule has 2 heterocycles. The molecular formula is C13H15N. The highest BCUT2D eigenvalue weighted by molar-refractivity contribution is 5.61. The molecule has 0 saturated carbocycles. The minimum Gasteiger partial charge on any atom is -0.323 e. The summed E-state index contributed by atoms with van der Waals surface area (Å²) in [6.07, 6.45) is 9.55. The molecule has 3 rings (SSSR count). The number of pyridine rings is 1. The van der Waals surface area contributed by atoms with Crippen LogP contribution in [-0.4, -0.2) is 4.40 Å². The molecule has 0 bridgehead atoms. The third kappa shape index (κ3) is 0.955. The lowest BCUT2D eigenvalue weighted by atomic mass is 10.0. The first kappa shape index (κ1) is 8.10. The average Bonchev–Trinajstić information content (AvgIpc) is 2.80. The first-order valence-electron chi connectivity index (χ1n) is 5.50. The van der Waals surface area contributed by atoms with Gasteiger partial charge in [-0.1, -0.05) is 6.92 Å². The second-order valence-electron chi connectivity index (χ2n) is 4.12.